The van der Waals surface area contributed by atoms with Crippen LogP contribution in [0.3, 0.4) is 0 Å². The molecule has 1 aliphatic rings. The highest BCUT2D eigenvalue weighted by atomic mass is 16.3. The number of aliphatic hydroxyl groups is 1. The molecule has 2 aromatic carbocycles. The number of fused-ring (bicyclic) bond motifs is 1. The maximum absolute atomic E-state index is 12.7. The van der Waals surface area contributed by atoms with Gasteiger partial charge in [-0.05, 0) is 18.5 Å². The number of unbranched alkanes of at least 4 members (excludes halogenated alkanes) is 3. The van der Waals surface area contributed by atoms with Crippen LogP contribution in [-0.2, 0) is 11.3 Å². The lowest BCUT2D eigenvalue weighted by atomic mass is 9.88. The summed E-state index contributed by atoms with van der Waals surface area (Å²) in [6.45, 7) is 3.93. The maximum atomic E-state index is 12.7. The summed E-state index contributed by atoms with van der Waals surface area (Å²) in [6, 6.07) is 16.8. The van der Waals surface area contributed by atoms with Crippen LogP contribution in [0.25, 0.3) is 5.76 Å². The molecule has 0 atom stereocenters. The van der Waals surface area contributed by atoms with Gasteiger partial charge in [0.05, 0.1) is 5.57 Å². The Bertz CT molecular complexity index is 870. The van der Waals surface area contributed by atoms with Crippen molar-refractivity contribution in [2.75, 3.05) is 13.1 Å². The number of benzene rings is 2. The monoisotopic (exact) mass is 377 g/mol. The molecule has 0 saturated heterocycles. The molecule has 0 aromatic heterocycles. The van der Waals surface area contributed by atoms with Gasteiger partial charge in [0.25, 0.3) is 0 Å². The van der Waals surface area contributed by atoms with Crippen LogP contribution in [0.2, 0.25) is 0 Å². The molecular weight excluding hydrogens is 350 g/mol. The van der Waals surface area contributed by atoms with Crippen LogP contribution < -0.4 is 0 Å². The first-order valence-corrected chi connectivity index (χ1v) is 9.98. The SMILES string of the molecule is CCCCCCN(CC1=C(O)c2ccccc2C(=O)C1=O)Cc1ccccc1. The Morgan fingerprint density at radius 1 is 0.786 bits per heavy atom. The predicted molar refractivity (Wildman–Crippen MR) is 111 cm³/mol. The molecule has 0 aliphatic heterocycles. The molecule has 1 aliphatic carbocycles. The molecule has 1 N–H and O–H groups in total. The maximum Gasteiger partial charge on any atom is 0.234 e. The fourth-order valence-electron chi connectivity index (χ4n) is 3.61. The van der Waals surface area contributed by atoms with Gasteiger partial charge in [-0.2, -0.15) is 0 Å². The van der Waals surface area contributed by atoms with Gasteiger partial charge in [0.2, 0.25) is 11.6 Å². The number of nitrogens with zero attached hydrogens (tertiary/aromatic N) is 1. The van der Waals surface area contributed by atoms with Crippen molar-refractivity contribution in [1.29, 1.82) is 0 Å². The Labute approximate surface area is 166 Å². The zero-order chi connectivity index (χ0) is 19.9. The number of Topliss-reactive ketones (excluding diaryl/α,β-unsaturated/α-hetero) is 2. The summed E-state index contributed by atoms with van der Waals surface area (Å²) >= 11 is 0. The highest BCUT2D eigenvalue weighted by Gasteiger charge is 2.33. The Balaban J connectivity index is 1.84. The Morgan fingerprint density at radius 2 is 1.46 bits per heavy atom. The molecule has 4 nitrogen and oxygen atoms in total. The highest BCUT2D eigenvalue weighted by molar-refractivity contribution is 6.52. The molecule has 146 valence electrons. The Kier molecular flexibility index (Phi) is 6.77. The first kappa shape index (κ1) is 20.0. The third kappa shape index (κ3) is 4.57. The van der Waals surface area contributed by atoms with Gasteiger partial charge in [0, 0.05) is 24.2 Å². The molecule has 0 fully saturated rings. The number of carbonyl (C=O) groups is 2. The average Bonchev–Trinajstić information content (AvgIpc) is 2.73. The van der Waals surface area contributed by atoms with E-state index in [1.54, 1.807) is 24.3 Å². The van der Waals surface area contributed by atoms with Crippen LogP contribution in [-0.4, -0.2) is 34.7 Å². The quantitative estimate of drug-likeness (QED) is 0.504. The van der Waals surface area contributed by atoms with Gasteiger partial charge in [0.15, 0.2) is 0 Å². The summed E-state index contributed by atoms with van der Waals surface area (Å²) in [5.74, 6) is -1.19. The smallest absolute Gasteiger partial charge is 0.234 e. The first-order chi connectivity index (χ1) is 13.6. The third-order valence-electron chi connectivity index (χ3n) is 5.15. The van der Waals surface area contributed by atoms with Crippen molar-refractivity contribution in [1.82, 2.24) is 4.90 Å². The van der Waals surface area contributed by atoms with E-state index < -0.39 is 11.6 Å². The molecule has 0 bridgehead atoms. The minimum atomic E-state index is -0.595. The van der Waals surface area contributed by atoms with Gasteiger partial charge in [-0.25, -0.2) is 0 Å². The molecular formula is C24H27NO3. The second-order valence-electron chi connectivity index (χ2n) is 7.29. The molecule has 0 amide bonds. The lowest BCUT2D eigenvalue weighted by Crippen LogP contribution is -2.34. The molecule has 0 saturated carbocycles. The molecule has 0 heterocycles. The summed E-state index contributed by atoms with van der Waals surface area (Å²) in [7, 11) is 0. The minimum Gasteiger partial charge on any atom is -0.507 e. The van der Waals surface area contributed by atoms with Gasteiger partial charge in [-0.1, -0.05) is 80.8 Å². The molecule has 2 aromatic rings. The van der Waals surface area contributed by atoms with Crippen LogP contribution in [0.4, 0.5) is 0 Å². The van der Waals surface area contributed by atoms with E-state index >= 15 is 0 Å². The van der Waals surface area contributed by atoms with Gasteiger partial charge < -0.3 is 5.11 Å². The largest absolute Gasteiger partial charge is 0.507 e. The molecule has 0 radical (unpaired) electrons. The standard InChI is InChI=1S/C24H27NO3/c1-2-3-4-10-15-25(16-18-11-6-5-7-12-18)17-21-22(26)19-13-8-9-14-20(19)23(27)24(21)28/h5-9,11-14,26H,2-4,10,15-17H2,1H3. The van der Waals surface area contributed by atoms with Crippen molar-refractivity contribution >= 4 is 17.3 Å². The highest BCUT2D eigenvalue weighted by Crippen LogP contribution is 2.28. The fraction of sp³-hybridized carbons (Fsp3) is 0.333. The van der Waals surface area contributed by atoms with E-state index in [0.29, 0.717) is 12.1 Å². The van der Waals surface area contributed by atoms with Crippen molar-refractivity contribution in [3.63, 3.8) is 0 Å². The second kappa shape index (κ2) is 9.47. The summed E-state index contributed by atoms with van der Waals surface area (Å²) in [4.78, 5) is 27.3. The van der Waals surface area contributed by atoms with Crippen molar-refractivity contribution in [3.05, 3.63) is 76.9 Å². The fourth-order valence-corrected chi connectivity index (χ4v) is 3.61. The van der Waals surface area contributed by atoms with Crippen LogP contribution in [0.15, 0.2) is 60.2 Å². The molecule has 28 heavy (non-hydrogen) atoms. The summed E-state index contributed by atoms with van der Waals surface area (Å²) < 4.78 is 0. The number of rotatable bonds is 9. The van der Waals surface area contributed by atoms with Crippen molar-refractivity contribution in [2.45, 2.75) is 39.2 Å². The van der Waals surface area contributed by atoms with Crippen molar-refractivity contribution < 1.29 is 14.7 Å². The van der Waals surface area contributed by atoms with E-state index in [9.17, 15) is 14.7 Å². The van der Waals surface area contributed by atoms with Crippen molar-refractivity contribution in [2.24, 2.45) is 0 Å². The minimum absolute atomic E-state index is 0.0631. The number of hydrogen-bond acceptors (Lipinski definition) is 4. The Hall–Kier alpha value is -2.72. The van der Waals surface area contributed by atoms with Crippen LogP contribution in [0.1, 0.15) is 54.1 Å². The molecule has 3 rings (SSSR count). The second-order valence-corrected chi connectivity index (χ2v) is 7.29. The van der Waals surface area contributed by atoms with Gasteiger partial charge in [-0.3, -0.25) is 14.5 Å². The third-order valence-corrected chi connectivity index (χ3v) is 5.15. The van der Waals surface area contributed by atoms with E-state index in [0.717, 1.165) is 31.4 Å². The van der Waals surface area contributed by atoms with Crippen LogP contribution >= 0.6 is 0 Å². The topological polar surface area (TPSA) is 57.6 Å². The number of ketones is 2. The van der Waals surface area contributed by atoms with E-state index in [4.69, 9.17) is 0 Å². The number of carbonyl (C=O) groups excluding carboxylic acids is 2. The van der Waals surface area contributed by atoms with E-state index in [2.05, 4.69) is 24.0 Å². The zero-order valence-electron chi connectivity index (χ0n) is 16.4. The van der Waals surface area contributed by atoms with Gasteiger partial charge in [-0.15, -0.1) is 0 Å². The number of hydrogen-bond donors (Lipinski definition) is 1. The molecule has 4 heteroatoms. The lowest BCUT2D eigenvalue weighted by molar-refractivity contribution is -0.112. The zero-order valence-corrected chi connectivity index (χ0v) is 16.4. The van der Waals surface area contributed by atoms with E-state index in [-0.39, 0.29) is 23.4 Å². The lowest BCUT2D eigenvalue weighted by Gasteiger charge is -2.26. The van der Waals surface area contributed by atoms with Gasteiger partial charge >= 0.3 is 0 Å². The Morgan fingerprint density at radius 3 is 2.18 bits per heavy atom. The van der Waals surface area contributed by atoms with Crippen LogP contribution in [0, 0.1) is 0 Å². The summed E-state index contributed by atoms with van der Waals surface area (Å²) in [5.41, 5.74) is 2.09. The normalized spacial score (nSPS) is 13.9. The average molecular weight is 377 g/mol. The van der Waals surface area contributed by atoms with Crippen LogP contribution in [0.5, 0.6) is 0 Å². The first-order valence-electron chi connectivity index (χ1n) is 9.98. The summed E-state index contributed by atoms with van der Waals surface area (Å²) in [5, 5.41) is 10.7. The molecule has 0 unspecified atom stereocenters. The predicted octanol–water partition coefficient (Wildman–Crippen LogP) is 4.80. The van der Waals surface area contributed by atoms with Crippen molar-refractivity contribution in [3.8, 4) is 0 Å². The number of aliphatic hydroxyl groups excluding tert-OH is 1. The van der Waals surface area contributed by atoms with Gasteiger partial charge in [0.1, 0.15) is 5.76 Å². The molecule has 0 spiro atoms. The summed E-state index contributed by atoms with van der Waals surface area (Å²) in [6.07, 6.45) is 4.49. The van der Waals surface area contributed by atoms with E-state index in [1.165, 1.54) is 6.42 Å². The van der Waals surface area contributed by atoms with E-state index in [1.807, 2.05) is 18.2 Å².